The zero-order valence-electron chi connectivity index (χ0n) is 8.46. The number of phenols is 1. The summed E-state index contributed by atoms with van der Waals surface area (Å²) in [5.41, 5.74) is 7.40. The molecule has 0 spiro atoms. The molecule has 15 heavy (non-hydrogen) atoms. The van der Waals surface area contributed by atoms with Gasteiger partial charge in [0.15, 0.2) is 0 Å². The second-order valence-corrected chi connectivity index (χ2v) is 5.82. The molecule has 1 aromatic rings. The molecule has 2 fully saturated rings. The molecule has 2 nitrogen and oxygen atoms in total. The van der Waals surface area contributed by atoms with Gasteiger partial charge < -0.3 is 10.8 Å². The predicted molar refractivity (Wildman–Crippen MR) is 62.9 cm³/mol. The number of hydrogen-bond acceptors (Lipinski definition) is 2. The molecule has 3 N–H and O–H groups in total. The molecule has 0 aromatic heterocycles. The van der Waals surface area contributed by atoms with Crippen molar-refractivity contribution < 1.29 is 5.11 Å². The molecule has 0 radical (unpaired) electrons. The van der Waals surface area contributed by atoms with Gasteiger partial charge in [0.05, 0.1) is 0 Å². The molecule has 3 heteroatoms. The number of rotatable bonds is 2. The third-order valence-corrected chi connectivity index (χ3v) is 4.46. The van der Waals surface area contributed by atoms with Crippen LogP contribution in [-0.4, -0.2) is 10.6 Å². The van der Waals surface area contributed by atoms with Crippen LogP contribution in [0.15, 0.2) is 22.7 Å². The second-order valence-electron chi connectivity index (χ2n) is 4.90. The van der Waals surface area contributed by atoms with Crippen molar-refractivity contribution in [3.8, 4) is 5.75 Å². The minimum absolute atomic E-state index is 0.0295. The molecule has 0 bridgehead atoms. The first-order valence-electron chi connectivity index (χ1n) is 5.35. The zero-order valence-corrected chi connectivity index (χ0v) is 10.0. The Morgan fingerprint density at radius 3 is 2.33 bits per heavy atom. The summed E-state index contributed by atoms with van der Waals surface area (Å²) in [7, 11) is 0. The fourth-order valence-electron chi connectivity index (χ4n) is 2.68. The second kappa shape index (κ2) is 2.77. The number of nitrogens with two attached hydrogens (primary N) is 1. The number of halogens is 1. The maximum absolute atomic E-state index is 9.97. The Balaban J connectivity index is 2.06. The number of benzene rings is 1. The molecule has 0 aliphatic heterocycles. The van der Waals surface area contributed by atoms with Gasteiger partial charge in [0.1, 0.15) is 5.75 Å². The summed E-state index contributed by atoms with van der Waals surface area (Å²) in [6.45, 7) is 0. The number of hydrogen-bond donors (Lipinski definition) is 2. The van der Waals surface area contributed by atoms with Crippen molar-refractivity contribution in [2.75, 3.05) is 0 Å². The first-order valence-corrected chi connectivity index (χ1v) is 6.15. The molecule has 2 saturated carbocycles. The maximum Gasteiger partial charge on any atom is 0.120 e. The fraction of sp³-hybridized carbons (Fsp3) is 0.500. The molecule has 2 aliphatic carbocycles. The van der Waals surface area contributed by atoms with Crippen LogP contribution in [0.25, 0.3) is 0 Å². The van der Waals surface area contributed by atoms with E-state index in [0.29, 0.717) is 5.75 Å². The van der Waals surface area contributed by atoms with Crippen molar-refractivity contribution in [1.82, 2.24) is 0 Å². The van der Waals surface area contributed by atoms with E-state index in [9.17, 15) is 5.11 Å². The van der Waals surface area contributed by atoms with Crippen molar-refractivity contribution in [3.63, 3.8) is 0 Å². The summed E-state index contributed by atoms with van der Waals surface area (Å²) in [5, 5.41) is 9.97. The summed E-state index contributed by atoms with van der Waals surface area (Å²) in [4.78, 5) is 0. The van der Waals surface area contributed by atoms with E-state index in [2.05, 4.69) is 15.9 Å². The lowest BCUT2D eigenvalue weighted by molar-refractivity contribution is 0.433. The Bertz CT molecular complexity index is 422. The summed E-state index contributed by atoms with van der Waals surface area (Å²) in [6.07, 6.45) is 4.45. The molecular formula is C12H14BrNO. The Morgan fingerprint density at radius 2 is 1.87 bits per heavy atom. The smallest absolute Gasteiger partial charge is 0.120 e. The zero-order chi connectivity index (χ0) is 10.7. The summed E-state index contributed by atoms with van der Waals surface area (Å²) < 4.78 is 0.918. The Labute approximate surface area is 97.6 Å². The highest BCUT2D eigenvalue weighted by molar-refractivity contribution is 9.10. The quantitative estimate of drug-likeness (QED) is 0.866. The Hall–Kier alpha value is -0.540. The fourth-order valence-corrected chi connectivity index (χ4v) is 3.03. The highest BCUT2D eigenvalue weighted by Crippen LogP contribution is 2.65. The maximum atomic E-state index is 9.97. The molecule has 1 aromatic carbocycles. The van der Waals surface area contributed by atoms with E-state index in [1.807, 2.05) is 12.1 Å². The molecule has 3 rings (SSSR count). The van der Waals surface area contributed by atoms with Crippen LogP contribution < -0.4 is 5.73 Å². The van der Waals surface area contributed by atoms with Gasteiger partial charge in [-0.05, 0) is 37.8 Å². The van der Waals surface area contributed by atoms with Crippen molar-refractivity contribution in [3.05, 3.63) is 28.2 Å². The highest BCUT2D eigenvalue weighted by atomic mass is 79.9. The molecule has 0 heterocycles. The number of aromatic hydroxyl groups is 1. The van der Waals surface area contributed by atoms with Crippen LogP contribution in [0.4, 0.5) is 0 Å². The molecular weight excluding hydrogens is 254 g/mol. The lowest BCUT2D eigenvalue weighted by atomic mass is 9.85. The van der Waals surface area contributed by atoms with Gasteiger partial charge in [0, 0.05) is 21.0 Å². The van der Waals surface area contributed by atoms with Gasteiger partial charge in [-0.3, -0.25) is 0 Å². The van der Waals surface area contributed by atoms with Crippen molar-refractivity contribution in [2.24, 2.45) is 5.73 Å². The molecule has 80 valence electrons. The molecule has 2 aliphatic rings. The van der Waals surface area contributed by atoms with Gasteiger partial charge in [-0.25, -0.2) is 0 Å². The average Bonchev–Trinajstić information content (AvgIpc) is 3.01. The summed E-state index contributed by atoms with van der Waals surface area (Å²) in [6, 6.07) is 5.77. The monoisotopic (exact) mass is 267 g/mol. The Morgan fingerprint density at radius 1 is 1.20 bits per heavy atom. The number of phenolic OH excluding ortho intramolecular Hbond substituents is 1. The first kappa shape index (κ1) is 9.67. The van der Waals surface area contributed by atoms with Gasteiger partial charge in [-0.2, -0.15) is 0 Å². The molecule has 0 amide bonds. The minimum Gasteiger partial charge on any atom is -0.508 e. The largest absolute Gasteiger partial charge is 0.508 e. The standard InChI is InChI=1S/C12H14BrNO/c13-8-1-2-9(10(15)7-8)11(3-4-11)12(14)5-6-12/h1-2,7,15H,3-6,14H2. The van der Waals surface area contributed by atoms with Gasteiger partial charge in [0.25, 0.3) is 0 Å². The topological polar surface area (TPSA) is 46.2 Å². The van der Waals surface area contributed by atoms with Gasteiger partial charge in [0.2, 0.25) is 0 Å². The lowest BCUT2D eigenvalue weighted by Crippen LogP contribution is -2.37. The van der Waals surface area contributed by atoms with Crippen LogP contribution in [-0.2, 0) is 5.41 Å². The van der Waals surface area contributed by atoms with Crippen molar-refractivity contribution in [2.45, 2.75) is 36.6 Å². The summed E-state index contributed by atoms with van der Waals surface area (Å²) in [5.74, 6) is 0.388. The van der Waals surface area contributed by atoms with Crippen molar-refractivity contribution >= 4 is 15.9 Å². The molecule has 0 saturated heterocycles. The van der Waals surface area contributed by atoms with E-state index in [1.54, 1.807) is 6.07 Å². The van der Waals surface area contributed by atoms with Crippen LogP contribution in [0.1, 0.15) is 31.2 Å². The highest BCUT2D eigenvalue weighted by Gasteiger charge is 2.64. The van der Waals surface area contributed by atoms with E-state index in [4.69, 9.17) is 5.73 Å². The van der Waals surface area contributed by atoms with Crippen LogP contribution in [0.2, 0.25) is 0 Å². The SMILES string of the molecule is NC1(C2(c3ccc(Br)cc3O)CC2)CC1. The Kier molecular flexibility index (Phi) is 1.79. The van der Waals surface area contributed by atoms with Gasteiger partial charge >= 0.3 is 0 Å². The van der Waals surface area contributed by atoms with E-state index >= 15 is 0 Å². The van der Waals surface area contributed by atoms with E-state index in [-0.39, 0.29) is 11.0 Å². The lowest BCUT2D eigenvalue weighted by Gasteiger charge is -2.24. The van der Waals surface area contributed by atoms with E-state index in [0.717, 1.165) is 35.7 Å². The van der Waals surface area contributed by atoms with E-state index in [1.165, 1.54) is 0 Å². The predicted octanol–water partition coefficient (Wildman–Crippen LogP) is 2.68. The van der Waals surface area contributed by atoms with Crippen LogP contribution in [0, 0.1) is 0 Å². The van der Waals surface area contributed by atoms with E-state index < -0.39 is 0 Å². The summed E-state index contributed by atoms with van der Waals surface area (Å²) >= 11 is 3.36. The minimum atomic E-state index is -0.0295. The third kappa shape index (κ3) is 1.26. The third-order valence-electron chi connectivity index (χ3n) is 3.97. The van der Waals surface area contributed by atoms with Crippen molar-refractivity contribution in [1.29, 1.82) is 0 Å². The van der Waals surface area contributed by atoms with Crippen LogP contribution in [0.3, 0.4) is 0 Å². The van der Waals surface area contributed by atoms with Gasteiger partial charge in [-0.15, -0.1) is 0 Å². The van der Waals surface area contributed by atoms with Crippen LogP contribution >= 0.6 is 15.9 Å². The molecule has 0 atom stereocenters. The van der Waals surface area contributed by atoms with Gasteiger partial charge in [-0.1, -0.05) is 22.0 Å². The first-order chi connectivity index (χ1) is 7.07. The average molecular weight is 268 g/mol. The van der Waals surface area contributed by atoms with Crippen LogP contribution in [0.5, 0.6) is 5.75 Å². The molecule has 0 unspecified atom stereocenters. The normalized spacial score (nSPS) is 24.9.